The molecule has 6 nitrogen and oxygen atoms in total. The highest BCUT2D eigenvalue weighted by molar-refractivity contribution is 5.99. The number of nitrogens with zero attached hydrogens (tertiary/aromatic N) is 1. The summed E-state index contributed by atoms with van der Waals surface area (Å²) in [6.07, 6.45) is 0. The fourth-order valence-corrected chi connectivity index (χ4v) is 2.07. The van der Waals surface area contributed by atoms with Crippen LogP contribution in [0.4, 0.5) is 0 Å². The molecule has 0 spiro atoms. The number of aromatic nitrogens is 1. The van der Waals surface area contributed by atoms with Gasteiger partial charge in [-0.25, -0.2) is 0 Å². The van der Waals surface area contributed by atoms with E-state index in [2.05, 4.69) is 10.3 Å². The maximum Gasteiger partial charge on any atom is 0.310 e. The van der Waals surface area contributed by atoms with E-state index in [1.165, 1.54) is 0 Å². The van der Waals surface area contributed by atoms with Crippen LogP contribution < -0.4 is 10.1 Å². The molecule has 1 aromatic heterocycles. The third kappa shape index (κ3) is 3.59. The van der Waals surface area contributed by atoms with Crippen LogP contribution in [0.2, 0.25) is 0 Å². The maximum atomic E-state index is 12.3. The number of carboxylic acids is 1. The standard InChI is InChI=1S/C17H20N2O4/c1-10-13(15(20)18-9-17(2,3)16(21)22)7-11-5-6-12(23-4)8-14(11)19-10/h5-8H,9H2,1-4H3,(H,18,20)(H,21,22). The smallest absolute Gasteiger partial charge is 0.310 e. The van der Waals surface area contributed by atoms with Crippen LogP contribution in [-0.4, -0.2) is 35.6 Å². The molecule has 1 heterocycles. The van der Waals surface area contributed by atoms with Crippen molar-refractivity contribution in [3.63, 3.8) is 0 Å². The number of carboxylic acid groups (broad SMARTS) is 1. The van der Waals surface area contributed by atoms with Gasteiger partial charge in [0.1, 0.15) is 5.75 Å². The highest BCUT2D eigenvalue weighted by Crippen LogP contribution is 2.22. The number of benzene rings is 1. The first-order chi connectivity index (χ1) is 10.7. The van der Waals surface area contributed by atoms with E-state index >= 15 is 0 Å². The quantitative estimate of drug-likeness (QED) is 0.884. The Morgan fingerprint density at radius 3 is 2.61 bits per heavy atom. The van der Waals surface area contributed by atoms with E-state index < -0.39 is 11.4 Å². The molecule has 1 amide bonds. The molecule has 1 aromatic carbocycles. The third-order valence-corrected chi connectivity index (χ3v) is 3.73. The Morgan fingerprint density at radius 2 is 2.00 bits per heavy atom. The van der Waals surface area contributed by atoms with Crippen molar-refractivity contribution in [1.82, 2.24) is 10.3 Å². The molecule has 2 aromatic rings. The van der Waals surface area contributed by atoms with Crippen molar-refractivity contribution in [3.8, 4) is 5.75 Å². The van der Waals surface area contributed by atoms with Gasteiger partial charge < -0.3 is 15.2 Å². The number of methoxy groups -OCH3 is 1. The van der Waals surface area contributed by atoms with E-state index in [4.69, 9.17) is 9.84 Å². The molecular weight excluding hydrogens is 296 g/mol. The van der Waals surface area contributed by atoms with Crippen molar-refractivity contribution < 1.29 is 19.4 Å². The average molecular weight is 316 g/mol. The van der Waals surface area contributed by atoms with Crippen molar-refractivity contribution in [2.24, 2.45) is 5.41 Å². The largest absolute Gasteiger partial charge is 0.497 e. The van der Waals surface area contributed by atoms with Crippen molar-refractivity contribution in [2.45, 2.75) is 20.8 Å². The van der Waals surface area contributed by atoms with Gasteiger partial charge in [0, 0.05) is 18.0 Å². The van der Waals surface area contributed by atoms with Crippen LogP contribution in [0.5, 0.6) is 5.75 Å². The van der Waals surface area contributed by atoms with Crippen LogP contribution in [-0.2, 0) is 4.79 Å². The maximum absolute atomic E-state index is 12.3. The second-order valence-electron chi connectivity index (χ2n) is 6.05. The summed E-state index contributed by atoms with van der Waals surface area (Å²) in [5.74, 6) is -0.592. The lowest BCUT2D eigenvalue weighted by molar-refractivity contribution is -0.146. The number of hydrogen-bond acceptors (Lipinski definition) is 4. The average Bonchev–Trinajstić information content (AvgIpc) is 2.51. The summed E-state index contributed by atoms with van der Waals surface area (Å²) < 4.78 is 5.16. The first-order valence-corrected chi connectivity index (χ1v) is 7.21. The molecule has 23 heavy (non-hydrogen) atoms. The molecule has 0 unspecified atom stereocenters. The van der Waals surface area contributed by atoms with Gasteiger partial charge in [0.15, 0.2) is 0 Å². The lowest BCUT2D eigenvalue weighted by Crippen LogP contribution is -2.39. The van der Waals surface area contributed by atoms with Crippen molar-refractivity contribution >= 4 is 22.8 Å². The number of fused-ring (bicyclic) bond motifs is 1. The van der Waals surface area contributed by atoms with Crippen LogP contribution in [0.1, 0.15) is 29.9 Å². The minimum Gasteiger partial charge on any atom is -0.497 e. The molecule has 0 aliphatic rings. The van der Waals surface area contributed by atoms with Gasteiger partial charge in [-0.05, 0) is 39.0 Å². The van der Waals surface area contributed by atoms with Crippen LogP contribution in [0.15, 0.2) is 24.3 Å². The Kier molecular flexibility index (Phi) is 4.54. The lowest BCUT2D eigenvalue weighted by atomic mass is 9.94. The molecule has 0 saturated heterocycles. The molecule has 2 rings (SSSR count). The van der Waals surface area contributed by atoms with E-state index in [0.29, 0.717) is 17.0 Å². The summed E-state index contributed by atoms with van der Waals surface area (Å²) in [7, 11) is 1.58. The predicted molar refractivity (Wildman–Crippen MR) is 86.8 cm³/mol. The van der Waals surface area contributed by atoms with Crippen molar-refractivity contribution in [2.75, 3.05) is 13.7 Å². The second kappa shape index (κ2) is 6.24. The second-order valence-corrected chi connectivity index (χ2v) is 6.05. The van der Waals surface area contributed by atoms with Crippen molar-refractivity contribution in [1.29, 1.82) is 0 Å². The van der Waals surface area contributed by atoms with E-state index in [-0.39, 0.29) is 12.5 Å². The number of carbonyl (C=O) groups excluding carboxylic acids is 1. The molecule has 0 radical (unpaired) electrons. The Hall–Kier alpha value is -2.63. The SMILES string of the molecule is COc1ccc2cc(C(=O)NCC(C)(C)C(=O)O)c(C)nc2c1. The van der Waals surface area contributed by atoms with Crippen LogP contribution in [0, 0.1) is 12.3 Å². The molecule has 2 N–H and O–H groups in total. The van der Waals surface area contributed by atoms with Gasteiger partial charge in [-0.1, -0.05) is 0 Å². The minimum atomic E-state index is -1.03. The number of pyridine rings is 1. The van der Waals surface area contributed by atoms with Gasteiger partial charge in [0.25, 0.3) is 5.91 Å². The fraction of sp³-hybridized carbons (Fsp3) is 0.353. The lowest BCUT2D eigenvalue weighted by Gasteiger charge is -2.19. The van der Waals surface area contributed by atoms with E-state index in [9.17, 15) is 9.59 Å². The topological polar surface area (TPSA) is 88.5 Å². The highest BCUT2D eigenvalue weighted by atomic mass is 16.5. The predicted octanol–water partition coefficient (Wildman–Crippen LogP) is 2.39. The fourth-order valence-electron chi connectivity index (χ4n) is 2.07. The molecule has 0 atom stereocenters. The highest BCUT2D eigenvalue weighted by Gasteiger charge is 2.28. The molecule has 0 fully saturated rings. The summed E-state index contributed by atoms with van der Waals surface area (Å²) in [6.45, 7) is 4.91. The zero-order valence-corrected chi connectivity index (χ0v) is 13.6. The normalized spacial score (nSPS) is 11.3. The van der Waals surface area contributed by atoms with Crippen LogP contribution in [0.3, 0.4) is 0 Å². The molecular formula is C17H20N2O4. The third-order valence-electron chi connectivity index (χ3n) is 3.73. The number of hydrogen-bond donors (Lipinski definition) is 2. The van der Waals surface area contributed by atoms with Gasteiger partial charge >= 0.3 is 5.97 Å². The minimum absolute atomic E-state index is 0.0429. The van der Waals surface area contributed by atoms with Gasteiger partial charge in [-0.2, -0.15) is 0 Å². The Morgan fingerprint density at radius 1 is 1.30 bits per heavy atom. The van der Waals surface area contributed by atoms with E-state index in [0.717, 1.165) is 10.9 Å². The summed E-state index contributed by atoms with van der Waals surface area (Å²) in [6, 6.07) is 7.19. The monoisotopic (exact) mass is 316 g/mol. The van der Waals surface area contributed by atoms with Crippen LogP contribution >= 0.6 is 0 Å². The van der Waals surface area contributed by atoms with Gasteiger partial charge in [-0.15, -0.1) is 0 Å². The Balaban J connectivity index is 2.27. The summed E-state index contributed by atoms with van der Waals surface area (Å²) >= 11 is 0. The van der Waals surface area contributed by atoms with Crippen molar-refractivity contribution in [3.05, 3.63) is 35.5 Å². The first-order valence-electron chi connectivity index (χ1n) is 7.21. The van der Waals surface area contributed by atoms with E-state index in [1.54, 1.807) is 46.1 Å². The number of carbonyl (C=O) groups is 2. The van der Waals surface area contributed by atoms with Gasteiger partial charge in [0.2, 0.25) is 0 Å². The number of aryl methyl sites for hydroxylation is 1. The number of nitrogens with one attached hydrogen (secondary N) is 1. The molecule has 0 aliphatic carbocycles. The number of rotatable bonds is 5. The molecule has 0 aliphatic heterocycles. The van der Waals surface area contributed by atoms with Gasteiger partial charge in [-0.3, -0.25) is 14.6 Å². The van der Waals surface area contributed by atoms with Crippen LogP contribution in [0.25, 0.3) is 10.9 Å². The van der Waals surface area contributed by atoms with Gasteiger partial charge in [0.05, 0.1) is 29.3 Å². The summed E-state index contributed by atoms with van der Waals surface area (Å²) in [5, 5.41) is 12.6. The Labute approximate surface area is 134 Å². The first kappa shape index (κ1) is 16.7. The molecule has 0 saturated carbocycles. The Bertz CT molecular complexity index is 769. The zero-order chi connectivity index (χ0) is 17.2. The van der Waals surface area contributed by atoms with E-state index in [1.807, 2.05) is 6.07 Å². The summed E-state index contributed by atoms with van der Waals surface area (Å²) in [5.41, 5.74) is 0.728. The molecule has 0 bridgehead atoms. The number of amides is 1. The molecule has 122 valence electrons. The summed E-state index contributed by atoms with van der Waals surface area (Å²) in [4.78, 5) is 27.9. The number of ether oxygens (including phenoxy) is 1. The molecule has 6 heteroatoms. The number of aliphatic carboxylic acids is 1. The zero-order valence-electron chi connectivity index (χ0n) is 13.6.